The lowest BCUT2D eigenvalue weighted by atomic mass is 9.76. The molecule has 0 spiro atoms. The summed E-state index contributed by atoms with van der Waals surface area (Å²) in [5.41, 5.74) is 3.43. The number of carbonyl (C=O) groups excluding carboxylic acids is 1. The second kappa shape index (κ2) is 7.93. The smallest absolute Gasteiger partial charge is 0.411 e. The van der Waals surface area contributed by atoms with Crippen LogP contribution < -0.4 is 0 Å². The Kier molecular flexibility index (Phi) is 5.20. The molecule has 1 N–H and O–H groups in total. The molecule has 2 aliphatic heterocycles. The first-order valence-corrected chi connectivity index (χ1v) is 11.5. The molecule has 2 heterocycles. The molecule has 2 aromatic rings. The van der Waals surface area contributed by atoms with Crippen LogP contribution >= 0.6 is 0 Å². The standard InChI is InChI=1S/C26H30N2O4/c1-17(2)28(26(24(29)30)12-14-27-13-11-18(26)15-27)25(31)32-16-23-21-9-5-3-7-19(21)20-8-4-6-10-22(20)23/h3-10,17-18,23H,11-16H2,1-2H3,(H,29,30). The van der Waals surface area contributed by atoms with E-state index in [1.54, 1.807) is 0 Å². The highest BCUT2D eigenvalue weighted by Gasteiger charge is 2.58. The average Bonchev–Trinajstić information content (AvgIpc) is 3.33. The van der Waals surface area contributed by atoms with Crippen LogP contribution in [0.2, 0.25) is 0 Å². The summed E-state index contributed by atoms with van der Waals surface area (Å²) < 4.78 is 5.91. The fourth-order valence-corrected chi connectivity index (χ4v) is 6.16. The Morgan fingerprint density at radius 3 is 2.31 bits per heavy atom. The van der Waals surface area contributed by atoms with Crippen LogP contribution in [0.1, 0.15) is 43.7 Å². The Bertz CT molecular complexity index is 1010. The first-order valence-electron chi connectivity index (χ1n) is 11.5. The van der Waals surface area contributed by atoms with Gasteiger partial charge in [-0.2, -0.15) is 0 Å². The van der Waals surface area contributed by atoms with Crippen molar-refractivity contribution in [1.29, 1.82) is 0 Å². The summed E-state index contributed by atoms with van der Waals surface area (Å²) >= 11 is 0. The molecule has 6 nitrogen and oxygen atoms in total. The van der Waals surface area contributed by atoms with Gasteiger partial charge in [0.15, 0.2) is 0 Å². The Morgan fingerprint density at radius 2 is 1.72 bits per heavy atom. The van der Waals surface area contributed by atoms with Gasteiger partial charge in [0.25, 0.3) is 0 Å². The van der Waals surface area contributed by atoms with E-state index >= 15 is 0 Å². The van der Waals surface area contributed by atoms with E-state index in [0.29, 0.717) is 13.0 Å². The zero-order valence-electron chi connectivity index (χ0n) is 18.7. The number of nitrogens with zero attached hydrogens (tertiary/aromatic N) is 2. The Balaban J connectivity index is 1.42. The van der Waals surface area contributed by atoms with Crippen LogP contribution in [0.25, 0.3) is 11.1 Å². The SMILES string of the molecule is CC(C)N(C(=O)OCC1c2ccccc2-c2ccccc21)C1(C(=O)O)CCN2CCC1C2. The number of carboxylic acid groups (broad SMARTS) is 1. The Labute approximate surface area is 188 Å². The van der Waals surface area contributed by atoms with Crippen molar-refractivity contribution in [2.75, 3.05) is 26.2 Å². The van der Waals surface area contributed by atoms with E-state index in [-0.39, 0.29) is 24.5 Å². The van der Waals surface area contributed by atoms with Crippen LogP contribution in [0, 0.1) is 5.92 Å². The van der Waals surface area contributed by atoms with E-state index in [9.17, 15) is 14.7 Å². The summed E-state index contributed by atoms with van der Waals surface area (Å²) in [6.07, 6.45) is 0.714. The summed E-state index contributed by atoms with van der Waals surface area (Å²) in [6.45, 7) is 6.29. The van der Waals surface area contributed by atoms with Gasteiger partial charge in [0, 0.05) is 31.0 Å². The van der Waals surface area contributed by atoms with Crippen LogP contribution in [0.4, 0.5) is 4.79 Å². The zero-order chi connectivity index (χ0) is 22.5. The van der Waals surface area contributed by atoms with Crippen molar-refractivity contribution in [2.45, 2.75) is 44.2 Å². The molecule has 5 rings (SSSR count). The van der Waals surface area contributed by atoms with Crippen molar-refractivity contribution in [3.8, 4) is 11.1 Å². The number of carbonyl (C=O) groups is 2. The van der Waals surface area contributed by atoms with Gasteiger partial charge in [-0.05, 0) is 55.5 Å². The zero-order valence-corrected chi connectivity index (χ0v) is 18.7. The van der Waals surface area contributed by atoms with E-state index in [1.165, 1.54) is 16.0 Å². The van der Waals surface area contributed by atoms with Crippen LogP contribution in [0.5, 0.6) is 0 Å². The molecular formula is C26H30N2O4. The van der Waals surface area contributed by atoms with E-state index in [0.717, 1.165) is 30.6 Å². The normalized spacial score (nSPS) is 26.0. The lowest BCUT2D eigenvalue weighted by molar-refractivity contribution is -0.158. The molecule has 3 unspecified atom stereocenters. The summed E-state index contributed by atoms with van der Waals surface area (Å²) in [7, 11) is 0. The molecule has 2 fully saturated rings. The topological polar surface area (TPSA) is 70.1 Å². The quantitative estimate of drug-likeness (QED) is 0.764. The van der Waals surface area contributed by atoms with E-state index in [1.807, 2.05) is 38.1 Å². The van der Waals surface area contributed by atoms with Crippen molar-refractivity contribution < 1.29 is 19.4 Å². The first kappa shape index (κ1) is 21.0. The number of rotatable bonds is 5. The number of piperidine rings is 1. The summed E-state index contributed by atoms with van der Waals surface area (Å²) in [5.74, 6) is -1.03. The molecule has 168 valence electrons. The fraction of sp³-hybridized carbons (Fsp3) is 0.462. The lowest BCUT2D eigenvalue weighted by Crippen LogP contribution is -2.66. The van der Waals surface area contributed by atoms with Gasteiger partial charge in [0.2, 0.25) is 0 Å². The van der Waals surface area contributed by atoms with Crippen molar-refractivity contribution in [2.24, 2.45) is 5.92 Å². The molecule has 3 aliphatic rings. The van der Waals surface area contributed by atoms with Gasteiger partial charge in [-0.1, -0.05) is 48.5 Å². The molecule has 2 bridgehead atoms. The van der Waals surface area contributed by atoms with Crippen LogP contribution in [-0.2, 0) is 9.53 Å². The highest BCUT2D eigenvalue weighted by molar-refractivity contribution is 5.86. The largest absolute Gasteiger partial charge is 0.479 e. The summed E-state index contributed by atoms with van der Waals surface area (Å²) in [4.78, 5) is 29.9. The van der Waals surface area contributed by atoms with Crippen LogP contribution in [0.15, 0.2) is 48.5 Å². The average molecular weight is 435 g/mol. The van der Waals surface area contributed by atoms with Gasteiger partial charge < -0.3 is 14.7 Å². The van der Waals surface area contributed by atoms with Crippen molar-refractivity contribution >= 4 is 12.1 Å². The third-order valence-corrected chi connectivity index (χ3v) is 7.61. The van der Waals surface area contributed by atoms with Crippen LogP contribution in [0.3, 0.4) is 0 Å². The van der Waals surface area contributed by atoms with Crippen molar-refractivity contribution in [1.82, 2.24) is 9.80 Å². The van der Waals surface area contributed by atoms with Gasteiger partial charge in [-0.15, -0.1) is 0 Å². The number of aliphatic carboxylic acids is 1. The number of fused-ring (bicyclic) bond motifs is 5. The maximum Gasteiger partial charge on any atom is 0.411 e. The summed E-state index contributed by atoms with van der Waals surface area (Å²) in [6, 6.07) is 16.2. The second-order valence-electron chi connectivity index (χ2n) is 9.53. The van der Waals surface area contributed by atoms with Gasteiger partial charge in [-0.25, -0.2) is 9.59 Å². The van der Waals surface area contributed by atoms with Gasteiger partial charge in [0.05, 0.1) is 0 Å². The third-order valence-electron chi connectivity index (χ3n) is 7.61. The van der Waals surface area contributed by atoms with Gasteiger partial charge in [-0.3, -0.25) is 4.90 Å². The highest BCUT2D eigenvalue weighted by atomic mass is 16.6. The minimum absolute atomic E-state index is 0.0468. The second-order valence-corrected chi connectivity index (χ2v) is 9.53. The number of hydrogen-bond acceptors (Lipinski definition) is 4. The molecule has 1 aliphatic carbocycles. The van der Waals surface area contributed by atoms with Crippen molar-refractivity contribution in [3.05, 3.63) is 59.7 Å². The first-order chi connectivity index (χ1) is 15.4. The molecule has 0 saturated carbocycles. The van der Waals surface area contributed by atoms with Crippen molar-refractivity contribution in [3.63, 3.8) is 0 Å². The number of ether oxygens (including phenoxy) is 1. The number of hydrogen-bond donors (Lipinski definition) is 1. The maximum atomic E-state index is 13.5. The molecule has 2 saturated heterocycles. The Hall–Kier alpha value is -2.86. The molecule has 32 heavy (non-hydrogen) atoms. The number of carboxylic acids is 1. The van der Waals surface area contributed by atoms with Crippen LogP contribution in [-0.4, -0.2) is 64.8 Å². The van der Waals surface area contributed by atoms with Gasteiger partial charge >= 0.3 is 12.1 Å². The molecule has 0 aromatic heterocycles. The number of benzene rings is 2. The predicted molar refractivity (Wildman–Crippen MR) is 122 cm³/mol. The Morgan fingerprint density at radius 1 is 1.09 bits per heavy atom. The summed E-state index contributed by atoms with van der Waals surface area (Å²) in [5, 5.41) is 10.3. The highest BCUT2D eigenvalue weighted by Crippen LogP contribution is 2.45. The third kappa shape index (κ3) is 3.12. The minimum atomic E-state index is -1.20. The molecule has 3 atom stereocenters. The van der Waals surface area contributed by atoms with E-state index in [2.05, 4.69) is 29.2 Å². The molecule has 2 aromatic carbocycles. The molecular weight excluding hydrogens is 404 g/mol. The predicted octanol–water partition coefficient (Wildman–Crippen LogP) is 4.19. The maximum absolute atomic E-state index is 13.5. The number of amides is 1. The fourth-order valence-electron chi connectivity index (χ4n) is 6.16. The van der Waals surface area contributed by atoms with E-state index in [4.69, 9.17) is 4.74 Å². The minimum Gasteiger partial charge on any atom is -0.479 e. The monoisotopic (exact) mass is 434 g/mol. The van der Waals surface area contributed by atoms with E-state index < -0.39 is 17.6 Å². The van der Waals surface area contributed by atoms with Gasteiger partial charge in [0.1, 0.15) is 12.1 Å². The molecule has 1 amide bonds. The lowest BCUT2D eigenvalue weighted by Gasteiger charge is -2.48. The molecule has 0 radical (unpaired) electrons. The molecule has 6 heteroatoms.